The van der Waals surface area contributed by atoms with E-state index in [0.29, 0.717) is 0 Å². The smallest absolute Gasteiger partial charge is 0.237 e. The molecule has 0 aromatic rings. The summed E-state index contributed by atoms with van der Waals surface area (Å²) in [4.78, 5) is 0. The van der Waals surface area contributed by atoms with Gasteiger partial charge in [0.15, 0.2) is 8.32 Å². The van der Waals surface area contributed by atoms with Gasteiger partial charge < -0.3 is 4.43 Å². The molecule has 0 unspecified atom stereocenters. The van der Waals surface area contributed by atoms with Crippen LogP contribution in [-0.4, -0.2) is 13.9 Å². The second kappa shape index (κ2) is 3.72. The molecule has 0 heterocycles. The molecule has 0 spiro atoms. The molecule has 0 radical (unpaired) electrons. The molecule has 0 aliphatic rings. The molecule has 0 amide bonds. The van der Waals surface area contributed by atoms with Gasteiger partial charge in [-0.25, -0.2) is 0 Å². The molecule has 0 rings (SSSR count). The quantitative estimate of drug-likeness (QED) is 0.658. The van der Waals surface area contributed by atoms with Crippen molar-refractivity contribution in [3.63, 3.8) is 0 Å². The Balaban J connectivity index is 5.18. The second-order valence-corrected chi connectivity index (χ2v) is 9.80. The second-order valence-electron chi connectivity index (χ2n) is 5.37. The van der Waals surface area contributed by atoms with Crippen molar-refractivity contribution in [3.8, 4) is 12.1 Å². The van der Waals surface area contributed by atoms with E-state index in [9.17, 15) is 0 Å². The van der Waals surface area contributed by atoms with E-state index in [1.165, 1.54) is 0 Å². The maximum absolute atomic E-state index is 9.10. The summed E-state index contributed by atoms with van der Waals surface area (Å²) >= 11 is 0. The standard InChI is InChI=1S/C10H18N2OSi/c1-9(2,3)10(7-11,8-12)13-14(4,5)6/h1-6H3. The van der Waals surface area contributed by atoms with Gasteiger partial charge in [-0.05, 0) is 19.6 Å². The summed E-state index contributed by atoms with van der Waals surface area (Å²) in [6, 6.07) is 4.03. The summed E-state index contributed by atoms with van der Waals surface area (Å²) in [7, 11) is -1.89. The normalized spacial score (nSPS) is 13.1. The SMILES string of the molecule is CC(C)(C)C(C#N)(C#N)O[Si](C)(C)C. The predicted molar refractivity (Wildman–Crippen MR) is 57.8 cm³/mol. The van der Waals surface area contributed by atoms with E-state index in [1.807, 2.05) is 52.6 Å². The third-order valence-electron chi connectivity index (χ3n) is 1.83. The third kappa shape index (κ3) is 2.83. The van der Waals surface area contributed by atoms with Crippen LogP contribution in [0.3, 0.4) is 0 Å². The van der Waals surface area contributed by atoms with Gasteiger partial charge in [0.1, 0.15) is 12.1 Å². The van der Waals surface area contributed by atoms with Gasteiger partial charge in [0.05, 0.1) is 0 Å². The van der Waals surface area contributed by atoms with Crippen LogP contribution in [0.4, 0.5) is 0 Å². The Morgan fingerprint density at radius 3 is 1.43 bits per heavy atom. The highest BCUT2D eigenvalue weighted by molar-refractivity contribution is 6.69. The lowest BCUT2D eigenvalue weighted by Crippen LogP contribution is -2.49. The van der Waals surface area contributed by atoms with Gasteiger partial charge in [0.25, 0.3) is 0 Å². The first kappa shape index (κ1) is 13.2. The highest BCUT2D eigenvalue weighted by Gasteiger charge is 2.47. The van der Waals surface area contributed by atoms with Crippen molar-refractivity contribution in [3.05, 3.63) is 0 Å². The Morgan fingerprint density at radius 1 is 1.00 bits per heavy atom. The largest absolute Gasteiger partial charge is 0.389 e. The minimum atomic E-state index is -1.89. The van der Waals surface area contributed by atoms with Crippen LogP contribution in [0, 0.1) is 28.1 Å². The molecule has 0 aromatic heterocycles. The zero-order chi connectivity index (χ0) is 11.6. The highest BCUT2D eigenvalue weighted by Crippen LogP contribution is 2.35. The average molecular weight is 210 g/mol. The molecule has 0 saturated carbocycles. The molecule has 4 heteroatoms. The molecular weight excluding hydrogens is 192 g/mol. The first-order valence-corrected chi connectivity index (χ1v) is 8.01. The molecule has 78 valence electrons. The maximum Gasteiger partial charge on any atom is 0.237 e. The van der Waals surface area contributed by atoms with Crippen LogP contribution >= 0.6 is 0 Å². The Morgan fingerprint density at radius 2 is 1.36 bits per heavy atom. The summed E-state index contributed by atoms with van der Waals surface area (Å²) in [5.74, 6) is 0. The molecule has 0 atom stereocenters. The summed E-state index contributed by atoms with van der Waals surface area (Å²) in [6.07, 6.45) is 0. The van der Waals surface area contributed by atoms with Crippen LogP contribution < -0.4 is 0 Å². The molecule has 0 aliphatic carbocycles. The van der Waals surface area contributed by atoms with Gasteiger partial charge in [-0.15, -0.1) is 0 Å². The van der Waals surface area contributed by atoms with Gasteiger partial charge >= 0.3 is 0 Å². The van der Waals surface area contributed by atoms with Crippen LogP contribution in [0.15, 0.2) is 0 Å². The predicted octanol–water partition coefficient (Wildman–Crippen LogP) is 2.67. The Kier molecular flexibility index (Phi) is 3.50. The van der Waals surface area contributed by atoms with Crippen LogP contribution in [0.5, 0.6) is 0 Å². The topological polar surface area (TPSA) is 56.8 Å². The maximum atomic E-state index is 9.10. The highest BCUT2D eigenvalue weighted by atomic mass is 28.4. The molecule has 3 nitrogen and oxygen atoms in total. The van der Waals surface area contributed by atoms with Gasteiger partial charge in [0.2, 0.25) is 5.60 Å². The summed E-state index contributed by atoms with van der Waals surface area (Å²) in [5.41, 5.74) is -1.81. The van der Waals surface area contributed by atoms with Crippen molar-refractivity contribution < 1.29 is 4.43 Å². The molecule has 0 bridgehead atoms. The fraction of sp³-hybridized carbons (Fsp3) is 0.800. The van der Waals surface area contributed by atoms with E-state index in [1.54, 1.807) is 0 Å². The fourth-order valence-corrected chi connectivity index (χ4v) is 2.33. The van der Waals surface area contributed by atoms with Crippen molar-refractivity contribution in [1.82, 2.24) is 0 Å². The van der Waals surface area contributed by atoms with Crippen molar-refractivity contribution in [1.29, 1.82) is 10.5 Å². The number of nitriles is 2. The lowest BCUT2D eigenvalue weighted by Gasteiger charge is -2.37. The van der Waals surface area contributed by atoms with Gasteiger partial charge in [-0.1, -0.05) is 20.8 Å². The number of hydrogen-bond donors (Lipinski definition) is 0. The molecule has 14 heavy (non-hydrogen) atoms. The molecule has 0 N–H and O–H groups in total. The number of nitrogens with zero attached hydrogens (tertiary/aromatic N) is 2. The summed E-state index contributed by atoms with van der Waals surface area (Å²) in [5, 5.41) is 18.2. The van der Waals surface area contributed by atoms with Crippen LogP contribution in [0.1, 0.15) is 20.8 Å². The van der Waals surface area contributed by atoms with Crippen molar-refractivity contribution in [2.24, 2.45) is 5.41 Å². The summed E-state index contributed by atoms with van der Waals surface area (Å²) in [6.45, 7) is 11.5. The lowest BCUT2D eigenvalue weighted by atomic mass is 9.78. The zero-order valence-electron chi connectivity index (χ0n) is 9.80. The Hall–Kier alpha value is -0.843. The van der Waals surface area contributed by atoms with Gasteiger partial charge in [0, 0.05) is 5.41 Å². The molecular formula is C10H18N2OSi. The van der Waals surface area contributed by atoms with Crippen LogP contribution in [0.25, 0.3) is 0 Å². The van der Waals surface area contributed by atoms with Crippen molar-refractivity contribution >= 4 is 8.32 Å². The summed E-state index contributed by atoms with van der Waals surface area (Å²) < 4.78 is 5.70. The number of hydrogen-bond acceptors (Lipinski definition) is 3. The lowest BCUT2D eigenvalue weighted by molar-refractivity contribution is 0.0623. The van der Waals surface area contributed by atoms with E-state index < -0.39 is 19.3 Å². The molecule has 0 aromatic carbocycles. The number of rotatable bonds is 2. The van der Waals surface area contributed by atoms with E-state index in [0.717, 1.165) is 0 Å². The van der Waals surface area contributed by atoms with Gasteiger partial charge in [-0.2, -0.15) is 10.5 Å². The Labute approximate surface area is 87.4 Å². The zero-order valence-corrected chi connectivity index (χ0v) is 10.8. The molecule has 0 saturated heterocycles. The van der Waals surface area contributed by atoms with Crippen LogP contribution in [-0.2, 0) is 4.43 Å². The first-order chi connectivity index (χ1) is 6.08. The van der Waals surface area contributed by atoms with Crippen molar-refractivity contribution in [2.45, 2.75) is 46.0 Å². The van der Waals surface area contributed by atoms with Crippen LogP contribution in [0.2, 0.25) is 19.6 Å². The van der Waals surface area contributed by atoms with Gasteiger partial charge in [-0.3, -0.25) is 0 Å². The van der Waals surface area contributed by atoms with E-state index >= 15 is 0 Å². The van der Waals surface area contributed by atoms with E-state index in [2.05, 4.69) is 0 Å². The third-order valence-corrected chi connectivity index (χ3v) is 2.75. The first-order valence-electron chi connectivity index (χ1n) is 4.61. The van der Waals surface area contributed by atoms with E-state index in [4.69, 9.17) is 14.9 Å². The molecule has 0 aliphatic heterocycles. The minimum absolute atomic E-state index is 0.489. The monoisotopic (exact) mass is 210 g/mol. The molecule has 0 fully saturated rings. The Bertz CT molecular complexity index is 271. The average Bonchev–Trinajstić information content (AvgIpc) is 1.96. The minimum Gasteiger partial charge on any atom is -0.389 e. The van der Waals surface area contributed by atoms with Crippen molar-refractivity contribution in [2.75, 3.05) is 0 Å². The fourth-order valence-electron chi connectivity index (χ4n) is 1.02. The van der Waals surface area contributed by atoms with E-state index in [-0.39, 0.29) is 0 Å².